The summed E-state index contributed by atoms with van der Waals surface area (Å²) in [5.41, 5.74) is 6.36. The largest absolute Gasteiger partial charge is 0.370 e. The normalized spacial score (nSPS) is 11.8. The second-order valence-electron chi connectivity index (χ2n) is 4.02. The van der Waals surface area contributed by atoms with Gasteiger partial charge in [-0.15, -0.1) is 0 Å². The number of hydrogen-bond acceptors (Lipinski definition) is 4. The average molecular weight is 267 g/mol. The van der Waals surface area contributed by atoms with Crippen molar-refractivity contribution in [2.75, 3.05) is 6.26 Å². The number of aromatic nitrogens is 2. The summed E-state index contributed by atoms with van der Waals surface area (Å²) in [4.78, 5) is 14.9. The van der Waals surface area contributed by atoms with Gasteiger partial charge in [-0.25, -0.2) is 13.4 Å². The van der Waals surface area contributed by atoms with Gasteiger partial charge in [0.2, 0.25) is 20.9 Å². The number of imidazole rings is 1. The number of amides is 1. The lowest BCUT2D eigenvalue weighted by molar-refractivity contribution is -0.118. The van der Waals surface area contributed by atoms with E-state index in [0.29, 0.717) is 11.0 Å². The number of fused-ring (bicyclic) bond motifs is 1. The number of para-hydroxylation sites is 2. The highest BCUT2D eigenvalue weighted by Gasteiger charge is 2.19. The second kappa shape index (κ2) is 4.41. The highest BCUT2D eigenvalue weighted by molar-refractivity contribution is 7.90. The number of sulfone groups is 1. The predicted octanol–water partition coefficient (Wildman–Crippen LogP) is 0.315. The molecule has 1 aromatic carbocycles. The molecule has 1 aromatic heterocycles. The number of carbonyl (C=O) groups is 1. The van der Waals surface area contributed by atoms with Crippen molar-refractivity contribution in [1.29, 1.82) is 0 Å². The van der Waals surface area contributed by atoms with Crippen LogP contribution in [-0.2, 0) is 21.2 Å². The van der Waals surface area contributed by atoms with Crippen LogP contribution in [-0.4, -0.2) is 30.1 Å². The maximum atomic E-state index is 11.7. The minimum Gasteiger partial charge on any atom is -0.370 e. The van der Waals surface area contributed by atoms with Crippen molar-refractivity contribution in [1.82, 2.24) is 9.55 Å². The van der Waals surface area contributed by atoms with Gasteiger partial charge >= 0.3 is 0 Å². The molecule has 2 N–H and O–H groups in total. The monoisotopic (exact) mass is 267 g/mol. The summed E-state index contributed by atoms with van der Waals surface area (Å²) in [6.45, 7) is 0.207. The van der Waals surface area contributed by atoms with E-state index in [4.69, 9.17) is 5.73 Å². The highest BCUT2D eigenvalue weighted by atomic mass is 32.2. The molecule has 7 heteroatoms. The third-order valence-corrected chi connectivity index (χ3v) is 3.51. The molecule has 0 aliphatic heterocycles. The second-order valence-corrected chi connectivity index (χ2v) is 5.93. The van der Waals surface area contributed by atoms with E-state index in [1.165, 1.54) is 4.57 Å². The SMILES string of the molecule is CS(=O)(=O)c1nc2ccccc2n1CCC(N)=O. The Morgan fingerprint density at radius 2 is 2.06 bits per heavy atom. The number of primary amides is 1. The van der Waals surface area contributed by atoms with E-state index in [9.17, 15) is 13.2 Å². The first-order valence-electron chi connectivity index (χ1n) is 5.33. The van der Waals surface area contributed by atoms with Crippen LogP contribution in [0.3, 0.4) is 0 Å². The fourth-order valence-electron chi connectivity index (χ4n) is 1.77. The molecule has 0 radical (unpaired) electrons. The Bertz CT molecular complexity index is 703. The topological polar surface area (TPSA) is 95.1 Å². The predicted molar refractivity (Wildman–Crippen MR) is 66.7 cm³/mol. The molecule has 1 amide bonds. The van der Waals surface area contributed by atoms with Gasteiger partial charge in [-0.05, 0) is 12.1 Å². The van der Waals surface area contributed by atoms with Gasteiger partial charge in [0.15, 0.2) is 0 Å². The van der Waals surface area contributed by atoms with Gasteiger partial charge in [0.05, 0.1) is 11.0 Å². The average Bonchev–Trinajstić information content (AvgIpc) is 2.64. The molecule has 96 valence electrons. The molecule has 1 heterocycles. The first-order chi connectivity index (χ1) is 8.39. The van der Waals surface area contributed by atoms with Gasteiger partial charge in [-0.3, -0.25) is 4.79 Å². The molecule has 0 fully saturated rings. The summed E-state index contributed by atoms with van der Waals surface area (Å²) in [7, 11) is -3.44. The van der Waals surface area contributed by atoms with E-state index in [-0.39, 0.29) is 18.1 Å². The fraction of sp³-hybridized carbons (Fsp3) is 0.273. The Morgan fingerprint density at radius 3 is 2.67 bits per heavy atom. The summed E-state index contributed by atoms with van der Waals surface area (Å²) in [5.74, 6) is -0.479. The minimum absolute atomic E-state index is 0.0371. The van der Waals surface area contributed by atoms with E-state index in [1.807, 2.05) is 0 Å². The molecule has 0 saturated heterocycles. The number of aryl methyl sites for hydroxylation is 1. The molecule has 0 atom stereocenters. The first kappa shape index (κ1) is 12.6. The van der Waals surface area contributed by atoms with Crippen LogP contribution in [0.15, 0.2) is 29.4 Å². The summed E-state index contributed by atoms with van der Waals surface area (Å²) in [6, 6.07) is 7.06. The number of nitrogens with two attached hydrogens (primary N) is 1. The van der Waals surface area contributed by atoms with Crippen LogP contribution in [0.25, 0.3) is 11.0 Å². The summed E-state index contributed by atoms with van der Waals surface area (Å²) in [6.07, 6.45) is 1.16. The van der Waals surface area contributed by atoms with Crippen LogP contribution < -0.4 is 5.73 Å². The zero-order valence-corrected chi connectivity index (χ0v) is 10.6. The third-order valence-electron chi connectivity index (χ3n) is 2.53. The third kappa shape index (κ3) is 2.35. The van der Waals surface area contributed by atoms with E-state index in [1.54, 1.807) is 24.3 Å². The van der Waals surface area contributed by atoms with Crippen molar-refractivity contribution in [3.05, 3.63) is 24.3 Å². The van der Waals surface area contributed by atoms with Crippen LogP contribution in [0.5, 0.6) is 0 Å². The van der Waals surface area contributed by atoms with Crippen molar-refractivity contribution in [3.8, 4) is 0 Å². The first-order valence-corrected chi connectivity index (χ1v) is 7.22. The van der Waals surface area contributed by atoms with Crippen molar-refractivity contribution < 1.29 is 13.2 Å². The van der Waals surface area contributed by atoms with E-state index in [2.05, 4.69) is 4.98 Å². The van der Waals surface area contributed by atoms with E-state index < -0.39 is 15.7 Å². The number of nitrogens with zero attached hydrogens (tertiary/aromatic N) is 2. The van der Waals surface area contributed by atoms with E-state index in [0.717, 1.165) is 6.26 Å². The Labute approximate surface area is 104 Å². The Morgan fingerprint density at radius 1 is 1.39 bits per heavy atom. The van der Waals surface area contributed by atoms with Gasteiger partial charge in [-0.2, -0.15) is 0 Å². The zero-order valence-electron chi connectivity index (χ0n) is 9.83. The maximum absolute atomic E-state index is 11.7. The molecule has 6 nitrogen and oxygen atoms in total. The minimum atomic E-state index is -3.44. The molecule has 0 aliphatic rings. The number of rotatable bonds is 4. The number of benzene rings is 1. The van der Waals surface area contributed by atoms with Crippen molar-refractivity contribution in [2.45, 2.75) is 18.1 Å². The van der Waals surface area contributed by atoms with Crippen LogP contribution in [0.1, 0.15) is 6.42 Å². The fourth-order valence-corrected chi connectivity index (χ4v) is 2.63. The molecule has 0 bridgehead atoms. The highest BCUT2D eigenvalue weighted by Crippen LogP contribution is 2.19. The van der Waals surface area contributed by atoms with Crippen molar-refractivity contribution in [2.24, 2.45) is 5.73 Å². The molecule has 2 rings (SSSR count). The van der Waals surface area contributed by atoms with Gasteiger partial charge in [0.25, 0.3) is 0 Å². The van der Waals surface area contributed by atoms with Crippen LogP contribution in [0.4, 0.5) is 0 Å². The van der Waals surface area contributed by atoms with Gasteiger partial charge in [0.1, 0.15) is 0 Å². The molecule has 0 saturated carbocycles. The van der Waals surface area contributed by atoms with Crippen molar-refractivity contribution in [3.63, 3.8) is 0 Å². The van der Waals surface area contributed by atoms with Gasteiger partial charge < -0.3 is 10.3 Å². The molecular formula is C11H13N3O3S. The van der Waals surface area contributed by atoms with E-state index >= 15 is 0 Å². The maximum Gasteiger partial charge on any atom is 0.228 e. The lowest BCUT2D eigenvalue weighted by Crippen LogP contribution is -2.16. The lowest BCUT2D eigenvalue weighted by Gasteiger charge is -2.06. The quantitative estimate of drug-likeness (QED) is 0.862. The van der Waals surface area contributed by atoms with Crippen LogP contribution in [0.2, 0.25) is 0 Å². The van der Waals surface area contributed by atoms with Crippen LogP contribution in [0, 0.1) is 0 Å². The molecule has 0 aliphatic carbocycles. The summed E-state index contributed by atoms with van der Waals surface area (Å²) >= 11 is 0. The zero-order chi connectivity index (χ0) is 13.3. The van der Waals surface area contributed by atoms with Crippen LogP contribution >= 0.6 is 0 Å². The standard InChI is InChI=1S/C11H13N3O3S/c1-18(16,17)11-13-8-4-2-3-5-9(8)14(11)7-6-10(12)15/h2-5H,6-7H2,1H3,(H2,12,15). The van der Waals surface area contributed by atoms with Gasteiger partial charge in [-0.1, -0.05) is 12.1 Å². The molecular weight excluding hydrogens is 254 g/mol. The summed E-state index contributed by atoms with van der Waals surface area (Å²) < 4.78 is 24.8. The van der Waals surface area contributed by atoms with Crippen molar-refractivity contribution >= 4 is 26.8 Å². The number of carbonyl (C=O) groups excluding carboxylic acids is 1. The smallest absolute Gasteiger partial charge is 0.228 e. The molecule has 18 heavy (non-hydrogen) atoms. The molecule has 0 unspecified atom stereocenters. The number of hydrogen-bond donors (Lipinski definition) is 1. The molecule has 2 aromatic rings. The Hall–Kier alpha value is -1.89. The Kier molecular flexibility index (Phi) is 3.08. The van der Waals surface area contributed by atoms with Gasteiger partial charge in [0, 0.05) is 19.2 Å². The Balaban J connectivity index is 2.62. The summed E-state index contributed by atoms with van der Waals surface area (Å²) in [5, 5.41) is -0.0371. The molecule has 0 spiro atoms. The lowest BCUT2D eigenvalue weighted by atomic mass is 10.3.